The van der Waals surface area contributed by atoms with Crippen molar-refractivity contribution in [3.63, 3.8) is 0 Å². The quantitative estimate of drug-likeness (QED) is 0.0995. The molecule has 10 heteroatoms. The monoisotopic (exact) mass is 997 g/mol. The van der Waals surface area contributed by atoms with Crippen molar-refractivity contribution in [2.24, 2.45) is 23.7 Å². The topological polar surface area (TPSA) is 115 Å². The minimum atomic E-state index is -0.350. The summed E-state index contributed by atoms with van der Waals surface area (Å²) in [6.45, 7) is 24.6. The second-order valence-electron chi connectivity index (χ2n) is 22.2. The van der Waals surface area contributed by atoms with Gasteiger partial charge >= 0.3 is 21.7 Å². The second kappa shape index (κ2) is 26.5. The Morgan fingerprint density at radius 2 is 0.514 bits per heavy atom. The van der Waals surface area contributed by atoms with E-state index in [1.54, 1.807) is 0 Å². The number of rotatable bonds is 16. The molecule has 0 spiro atoms. The van der Waals surface area contributed by atoms with Gasteiger partial charge in [-0.2, -0.15) is 0 Å². The van der Waals surface area contributed by atoms with Gasteiger partial charge in [-0.05, 0) is 135 Å². The average Bonchev–Trinajstić information content (AvgIpc) is 4.10. The van der Waals surface area contributed by atoms with Crippen LogP contribution in [0.25, 0.3) is 45.7 Å². The molecule has 0 amide bonds. The first-order valence-electron chi connectivity index (χ1n) is 25.0. The van der Waals surface area contributed by atoms with Crippen LogP contribution in [0.5, 0.6) is 0 Å². The van der Waals surface area contributed by atoms with E-state index in [0.29, 0.717) is 23.7 Å². The van der Waals surface area contributed by atoms with E-state index in [1.165, 1.54) is 45.1 Å². The van der Waals surface area contributed by atoms with Crippen molar-refractivity contribution in [1.82, 2.24) is 18.3 Å². The summed E-state index contributed by atoms with van der Waals surface area (Å²) in [6.07, 6.45) is 42.9. The number of nitrogens with zero attached hydrogens (tertiary/aromatic N) is 4. The minimum Gasteiger partial charge on any atom is -0.672 e. The summed E-state index contributed by atoms with van der Waals surface area (Å²) in [4.78, 5) is 0. The first kappa shape index (κ1) is 60.1. The number of nitrogens with one attached hydrogen (secondary N) is 4. The maximum absolute atomic E-state index is 8.04. The molecule has 0 fully saturated rings. The van der Waals surface area contributed by atoms with Gasteiger partial charge in [0.05, 0.1) is 0 Å². The maximum Gasteiger partial charge on any atom is 4.00 e. The smallest absolute Gasteiger partial charge is 0.672 e. The Kier molecular flexibility index (Phi) is 22.8. The molecule has 4 aliphatic carbocycles. The van der Waals surface area contributed by atoms with Crippen molar-refractivity contribution in [3.05, 3.63) is 192 Å². The van der Waals surface area contributed by atoms with Gasteiger partial charge in [0.25, 0.3) is 0 Å². The molecule has 4 aliphatic rings. The molecule has 4 atom stereocenters. The van der Waals surface area contributed by atoms with E-state index < -0.39 is 0 Å². The standard InChI is InChI=1S/4C15H21N2.H4Si.Ti/c4*1-12(15(2,3)16)10-13-6-7-14(11-13)17-8-4-5-9-17;;/h4*4-5,7-9,11-12,16H,6,10H2,1-3H3;1H4;/q4*-1;;+4. The zero-order valence-electron chi connectivity index (χ0n) is 44.1. The van der Waals surface area contributed by atoms with Crippen LogP contribution < -0.4 is 0 Å². The van der Waals surface area contributed by atoms with E-state index in [2.05, 4.69) is 144 Å². The molecule has 0 bridgehead atoms. The van der Waals surface area contributed by atoms with Crippen LogP contribution in [0, 0.1) is 23.7 Å². The minimum absolute atomic E-state index is 0. The van der Waals surface area contributed by atoms with Crippen LogP contribution in [-0.2, 0) is 21.7 Å². The second-order valence-corrected chi connectivity index (χ2v) is 22.2. The Balaban J connectivity index is 0.000000245. The van der Waals surface area contributed by atoms with E-state index in [-0.39, 0.29) is 54.8 Å². The molecule has 0 saturated heterocycles. The van der Waals surface area contributed by atoms with Gasteiger partial charge in [-0.25, -0.2) is 0 Å². The first-order chi connectivity index (χ1) is 31.9. The van der Waals surface area contributed by atoms with Crippen LogP contribution in [-0.4, -0.2) is 51.4 Å². The molecule has 4 aromatic heterocycles. The molecule has 4 unspecified atom stereocenters. The van der Waals surface area contributed by atoms with Crippen LogP contribution in [0.1, 0.15) is 134 Å². The van der Waals surface area contributed by atoms with Crippen LogP contribution in [0.15, 0.2) is 169 Å². The number of hydrogen-bond acceptors (Lipinski definition) is 0. The van der Waals surface area contributed by atoms with Gasteiger partial charge < -0.3 is 41.2 Å². The normalized spacial score (nSPS) is 17.4. The number of hydrogen-bond donors (Lipinski definition) is 0. The summed E-state index contributed by atoms with van der Waals surface area (Å²) in [5, 5.41) is 0. The summed E-state index contributed by atoms with van der Waals surface area (Å²) in [7, 11) is 0. The van der Waals surface area contributed by atoms with Crippen LogP contribution >= 0.6 is 0 Å². The van der Waals surface area contributed by atoms with Gasteiger partial charge in [-0.3, -0.25) is 0 Å². The van der Waals surface area contributed by atoms with Gasteiger partial charge in [0.2, 0.25) is 0 Å². The summed E-state index contributed by atoms with van der Waals surface area (Å²) < 4.78 is 8.57. The Hall–Kier alpha value is -4.19. The third-order valence-corrected chi connectivity index (χ3v) is 14.5. The Morgan fingerprint density at radius 1 is 0.357 bits per heavy atom. The fourth-order valence-corrected chi connectivity index (χ4v) is 8.16. The Labute approximate surface area is 443 Å². The zero-order valence-corrected chi connectivity index (χ0v) is 45.7. The van der Waals surface area contributed by atoms with Gasteiger partial charge in [0, 0.05) is 72.4 Å². The third kappa shape index (κ3) is 18.8. The molecule has 0 aliphatic heterocycles. The number of allylic oxidation sites excluding steroid dienone is 16. The molecule has 8 rings (SSSR count). The molecule has 4 aromatic rings. The van der Waals surface area contributed by atoms with Gasteiger partial charge in [0.15, 0.2) is 0 Å². The molecule has 376 valence electrons. The Morgan fingerprint density at radius 3 is 0.657 bits per heavy atom. The summed E-state index contributed by atoms with van der Waals surface area (Å²) in [5.41, 5.74) is 41.6. The summed E-state index contributed by atoms with van der Waals surface area (Å²) in [6, 6.07) is 16.4. The molecule has 0 saturated carbocycles. The van der Waals surface area contributed by atoms with E-state index in [9.17, 15) is 0 Å². The van der Waals surface area contributed by atoms with E-state index in [1.807, 2.05) is 104 Å². The van der Waals surface area contributed by atoms with Crippen molar-refractivity contribution >= 4 is 33.8 Å². The van der Waals surface area contributed by atoms with Crippen LogP contribution in [0.4, 0.5) is 0 Å². The van der Waals surface area contributed by atoms with Crippen molar-refractivity contribution in [1.29, 1.82) is 0 Å². The van der Waals surface area contributed by atoms with Crippen molar-refractivity contribution < 1.29 is 21.7 Å². The molecule has 0 aromatic carbocycles. The number of aromatic nitrogens is 4. The van der Waals surface area contributed by atoms with Gasteiger partial charge in [-0.15, -0.1) is 22.2 Å². The SMILES string of the molecule is CC(CC1=CC(n2cccc2)=CC1)C(C)(C)[NH-].CC(CC1=CC(n2cccc2)=CC1)C(C)(C)[NH-].CC(CC1=CC(n2cccc2)=CC1)C(C)(C)[NH-].CC(CC1=CC(n2cccc2)=CC1)C(C)(C)[NH-].[SiH4].[Ti+4]. The first-order valence-corrected chi connectivity index (χ1v) is 25.0. The summed E-state index contributed by atoms with van der Waals surface area (Å²) >= 11 is 0. The fourth-order valence-electron chi connectivity index (χ4n) is 8.16. The van der Waals surface area contributed by atoms with Crippen LogP contribution in [0.2, 0.25) is 0 Å². The predicted octanol–water partition coefficient (Wildman–Crippen LogP) is 16.6. The van der Waals surface area contributed by atoms with Crippen LogP contribution in [0.3, 0.4) is 0 Å². The third-order valence-electron chi connectivity index (χ3n) is 14.5. The molecule has 8 nitrogen and oxygen atoms in total. The largest absolute Gasteiger partial charge is 4.00 e. The van der Waals surface area contributed by atoms with E-state index >= 15 is 0 Å². The molecular formula is C60H88N8SiTi. The predicted molar refractivity (Wildman–Crippen MR) is 306 cm³/mol. The van der Waals surface area contributed by atoms with Crippen molar-refractivity contribution in [2.75, 3.05) is 0 Å². The zero-order chi connectivity index (χ0) is 49.9. The van der Waals surface area contributed by atoms with Crippen molar-refractivity contribution in [3.8, 4) is 0 Å². The molecular weight excluding hydrogens is 909 g/mol. The van der Waals surface area contributed by atoms with E-state index in [0.717, 1.165) is 51.4 Å². The maximum atomic E-state index is 8.04. The van der Waals surface area contributed by atoms with E-state index in [4.69, 9.17) is 22.9 Å². The summed E-state index contributed by atoms with van der Waals surface area (Å²) in [5.74, 6) is 1.58. The fraction of sp³-hybridized carbons (Fsp3) is 0.467. The molecule has 70 heavy (non-hydrogen) atoms. The Bertz CT molecular complexity index is 2080. The average molecular weight is 997 g/mol. The van der Waals surface area contributed by atoms with Crippen molar-refractivity contribution in [2.45, 2.75) is 157 Å². The van der Waals surface area contributed by atoms with Gasteiger partial charge in [0.1, 0.15) is 0 Å². The molecule has 0 radical (unpaired) electrons. The molecule has 4 N–H and O–H groups in total. The molecule has 4 heterocycles. The van der Waals surface area contributed by atoms with Gasteiger partial charge in [-0.1, -0.05) is 153 Å².